The highest BCUT2D eigenvalue weighted by Crippen LogP contribution is 2.32. The lowest BCUT2D eigenvalue weighted by atomic mass is 9.95. The van der Waals surface area contributed by atoms with Crippen LogP contribution >= 0.6 is 0 Å². The van der Waals surface area contributed by atoms with Crippen LogP contribution in [0.2, 0.25) is 0 Å². The summed E-state index contributed by atoms with van der Waals surface area (Å²) in [6, 6.07) is 0. The summed E-state index contributed by atoms with van der Waals surface area (Å²) in [5.41, 5.74) is 0.176. The summed E-state index contributed by atoms with van der Waals surface area (Å²) < 4.78 is 5.70. The fourth-order valence-electron chi connectivity index (χ4n) is 1.78. The zero-order valence-electron chi connectivity index (χ0n) is 8.25. The van der Waals surface area contributed by atoms with Gasteiger partial charge in [-0.15, -0.1) is 0 Å². The van der Waals surface area contributed by atoms with Gasteiger partial charge in [-0.25, -0.2) is 4.98 Å². The fraction of sp³-hybridized carbons (Fsp3) is 0.600. The van der Waals surface area contributed by atoms with Crippen LogP contribution in [0.3, 0.4) is 0 Å². The van der Waals surface area contributed by atoms with E-state index in [4.69, 9.17) is 4.74 Å². The Bertz CT molecular complexity index is 327. The minimum absolute atomic E-state index is 0.334. The molecule has 0 aromatic carbocycles. The number of imidazole rings is 1. The molecule has 1 aliphatic rings. The molecule has 1 N–H and O–H groups in total. The third-order valence-corrected chi connectivity index (χ3v) is 2.69. The number of aromatic nitrogens is 2. The monoisotopic (exact) mass is 194 g/mol. The van der Waals surface area contributed by atoms with E-state index in [0.717, 1.165) is 38.0 Å². The molecule has 1 atom stereocenters. The molecule has 14 heavy (non-hydrogen) atoms. The van der Waals surface area contributed by atoms with Gasteiger partial charge < -0.3 is 9.72 Å². The number of hydrogen-bond donors (Lipinski definition) is 1. The number of carbonyl (C=O) groups excluding carboxylic acids is 1. The molecule has 1 saturated heterocycles. The van der Waals surface area contributed by atoms with E-state index in [1.165, 1.54) is 0 Å². The first-order chi connectivity index (χ1) is 6.74. The molecule has 0 saturated carbocycles. The number of aromatic amines is 1. The van der Waals surface area contributed by atoms with E-state index in [9.17, 15) is 4.79 Å². The van der Waals surface area contributed by atoms with Crippen molar-refractivity contribution in [1.82, 2.24) is 9.97 Å². The highest BCUT2D eigenvalue weighted by Gasteiger charge is 2.32. The second-order valence-corrected chi connectivity index (χ2v) is 3.84. The van der Waals surface area contributed by atoms with Gasteiger partial charge in [0, 0.05) is 6.61 Å². The Kier molecular flexibility index (Phi) is 2.37. The Hall–Kier alpha value is -1.16. The predicted octanol–water partition coefficient (Wildman–Crippen LogP) is 1.64. The molecule has 4 heteroatoms. The first kappa shape index (κ1) is 9.40. The molecule has 1 unspecified atom stereocenters. The van der Waals surface area contributed by atoms with Gasteiger partial charge in [-0.1, -0.05) is 0 Å². The van der Waals surface area contributed by atoms with Gasteiger partial charge in [0.15, 0.2) is 6.29 Å². The van der Waals surface area contributed by atoms with Crippen LogP contribution in [0.15, 0.2) is 6.20 Å². The first-order valence-electron chi connectivity index (χ1n) is 4.89. The standard InChI is InChI=1S/C10H14N2O2/c1-10(4-2-3-5-14-10)9-11-6-8(7-13)12-9/h6-7H,2-5H2,1H3,(H,11,12). The van der Waals surface area contributed by atoms with E-state index >= 15 is 0 Å². The maximum Gasteiger partial charge on any atom is 0.167 e. The Morgan fingerprint density at radius 2 is 2.50 bits per heavy atom. The molecule has 0 bridgehead atoms. The number of carbonyl (C=O) groups is 1. The minimum Gasteiger partial charge on any atom is -0.367 e. The van der Waals surface area contributed by atoms with Crippen molar-refractivity contribution in [3.05, 3.63) is 17.7 Å². The maximum absolute atomic E-state index is 10.5. The van der Waals surface area contributed by atoms with Gasteiger partial charge in [0.2, 0.25) is 0 Å². The molecule has 0 aliphatic carbocycles. The number of aldehydes is 1. The molecule has 0 spiro atoms. The molecule has 0 radical (unpaired) electrons. The van der Waals surface area contributed by atoms with Crippen LogP contribution in [-0.4, -0.2) is 22.9 Å². The lowest BCUT2D eigenvalue weighted by Crippen LogP contribution is -2.31. The smallest absolute Gasteiger partial charge is 0.167 e. The van der Waals surface area contributed by atoms with Crippen LogP contribution in [0.25, 0.3) is 0 Å². The third-order valence-electron chi connectivity index (χ3n) is 2.69. The average Bonchev–Trinajstić information content (AvgIpc) is 2.67. The Balaban J connectivity index is 2.23. The normalized spacial score (nSPS) is 27.5. The van der Waals surface area contributed by atoms with Crippen molar-refractivity contribution in [2.75, 3.05) is 6.61 Å². The van der Waals surface area contributed by atoms with E-state index < -0.39 is 0 Å². The molecule has 1 aromatic rings. The van der Waals surface area contributed by atoms with E-state index in [2.05, 4.69) is 9.97 Å². The van der Waals surface area contributed by atoms with Crippen molar-refractivity contribution in [1.29, 1.82) is 0 Å². The lowest BCUT2D eigenvalue weighted by molar-refractivity contribution is -0.0755. The Labute approximate surface area is 82.7 Å². The van der Waals surface area contributed by atoms with Crippen LogP contribution < -0.4 is 0 Å². The number of ether oxygens (including phenoxy) is 1. The van der Waals surface area contributed by atoms with Crippen LogP contribution in [0.1, 0.15) is 42.5 Å². The highest BCUT2D eigenvalue weighted by atomic mass is 16.5. The lowest BCUT2D eigenvalue weighted by Gasteiger charge is -2.31. The van der Waals surface area contributed by atoms with E-state index in [0.29, 0.717) is 5.69 Å². The zero-order valence-corrected chi connectivity index (χ0v) is 8.25. The van der Waals surface area contributed by atoms with Crippen LogP contribution in [0, 0.1) is 0 Å². The fourth-order valence-corrected chi connectivity index (χ4v) is 1.78. The minimum atomic E-state index is -0.334. The Morgan fingerprint density at radius 1 is 1.64 bits per heavy atom. The quantitative estimate of drug-likeness (QED) is 0.728. The van der Waals surface area contributed by atoms with Gasteiger partial charge in [0.1, 0.15) is 11.4 Å². The molecule has 4 nitrogen and oxygen atoms in total. The molecule has 2 rings (SSSR count). The van der Waals surface area contributed by atoms with E-state index in [1.807, 2.05) is 6.92 Å². The largest absolute Gasteiger partial charge is 0.367 e. The van der Waals surface area contributed by atoms with Crippen LogP contribution in [0.4, 0.5) is 0 Å². The number of H-pyrrole nitrogens is 1. The third kappa shape index (κ3) is 1.57. The van der Waals surface area contributed by atoms with Crippen LogP contribution in [0.5, 0.6) is 0 Å². The number of nitrogens with one attached hydrogen (secondary N) is 1. The second kappa shape index (κ2) is 3.53. The van der Waals surface area contributed by atoms with Crippen molar-refractivity contribution in [3.63, 3.8) is 0 Å². The molecular weight excluding hydrogens is 180 g/mol. The number of nitrogens with zero attached hydrogens (tertiary/aromatic N) is 1. The van der Waals surface area contributed by atoms with Gasteiger partial charge in [0.05, 0.1) is 11.9 Å². The van der Waals surface area contributed by atoms with Crippen molar-refractivity contribution in [2.45, 2.75) is 31.8 Å². The molecule has 1 aromatic heterocycles. The summed E-state index contributed by atoms with van der Waals surface area (Å²) in [7, 11) is 0. The van der Waals surface area contributed by atoms with Gasteiger partial charge in [-0.2, -0.15) is 0 Å². The summed E-state index contributed by atoms with van der Waals surface area (Å²) in [4.78, 5) is 17.6. The van der Waals surface area contributed by atoms with E-state index in [-0.39, 0.29) is 5.60 Å². The molecule has 76 valence electrons. The zero-order chi connectivity index (χ0) is 10.0. The van der Waals surface area contributed by atoms with Crippen molar-refractivity contribution in [2.24, 2.45) is 0 Å². The number of hydrogen-bond acceptors (Lipinski definition) is 3. The van der Waals surface area contributed by atoms with Crippen molar-refractivity contribution < 1.29 is 9.53 Å². The van der Waals surface area contributed by atoms with Gasteiger partial charge in [0.25, 0.3) is 0 Å². The summed E-state index contributed by atoms with van der Waals surface area (Å²) in [5.74, 6) is 0.763. The molecular formula is C10H14N2O2. The van der Waals surface area contributed by atoms with Crippen molar-refractivity contribution >= 4 is 6.29 Å². The predicted molar refractivity (Wildman–Crippen MR) is 51.1 cm³/mol. The SMILES string of the molecule is CC1(c2ncc(C=O)[nH]2)CCCCO1. The first-order valence-corrected chi connectivity index (χ1v) is 4.89. The molecule has 2 heterocycles. The summed E-state index contributed by atoms with van der Waals surface area (Å²) in [5, 5.41) is 0. The van der Waals surface area contributed by atoms with Gasteiger partial charge in [-0.05, 0) is 26.2 Å². The highest BCUT2D eigenvalue weighted by molar-refractivity contribution is 5.71. The molecule has 1 fully saturated rings. The topological polar surface area (TPSA) is 55.0 Å². The summed E-state index contributed by atoms with van der Waals surface area (Å²) in [6.07, 6.45) is 5.53. The van der Waals surface area contributed by atoms with Crippen LogP contribution in [-0.2, 0) is 10.3 Å². The average molecular weight is 194 g/mol. The van der Waals surface area contributed by atoms with Crippen molar-refractivity contribution in [3.8, 4) is 0 Å². The number of rotatable bonds is 2. The summed E-state index contributed by atoms with van der Waals surface area (Å²) >= 11 is 0. The van der Waals surface area contributed by atoms with E-state index in [1.54, 1.807) is 6.20 Å². The molecule has 0 amide bonds. The second-order valence-electron chi connectivity index (χ2n) is 3.84. The summed E-state index contributed by atoms with van der Waals surface area (Å²) in [6.45, 7) is 2.78. The van der Waals surface area contributed by atoms with Gasteiger partial charge >= 0.3 is 0 Å². The molecule has 1 aliphatic heterocycles. The Morgan fingerprint density at radius 3 is 3.07 bits per heavy atom. The maximum atomic E-state index is 10.5. The van der Waals surface area contributed by atoms with Gasteiger partial charge in [-0.3, -0.25) is 4.79 Å².